The Morgan fingerprint density at radius 1 is 1.55 bits per heavy atom. The minimum Gasteiger partial charge on any atom is -0.506 e. The Bertz CT molecular complexity index is 555. The lowest BCUT2D eigenvalue weighted by molar-refractivity contribution is -0.152. The van der Waals surface area contributed by atoms with Gasteiger partial charge in [0.25, 0.3) is 0 Å². The van der Waals surface area contributed by atoms with Crippen LogP contribution in [0.4, 0.5) is 4.39 Å². The van der Waals surface area contributed by atoms with Crippen LogP contribution in [-0.2, 0) is 9.53 Å². The third kappa shape index (κ3) is 3.00. The summed E-state index contributed by atoms with van der Waals surface area (Å²) in [4.78, 5) is 11.7. The van der Waals surface area contributed by atoms with E-state index in [1.54, 1.807) is 19.9 Å². The normalized spacial score (nSPS) is 12.0. The molecule has 0 aromatic heterocycles. The molecule has 0 bridgehead atoms. The Morgan fingerprint density at radius 2 is 2.10 bits per heavy atom. The van der Waals surface area contributed by atoms with Crippen LogP contribution in [0.5, 0.6) is 5.75 Å². The van der Waals surface area contributed by atoms with Gasteiger partial charge in [0.1, 0.15) is 23.2 Å². The molecule has 1 rings (SSSR count). The highest BCUT2D eigenvalue weighted by atomic mass is 35.5. The van der Waals surface area contributed by atoms with Crippen LogP contribution in [0.3, 0.4) is 0 Å². The molecule has 0 fully saturated rings. The summed E-state index contributed by atoms with van der Waals surface area (Å²) in [7, 11) is 1.22. The molecule has 0 aliphatic rings. The fraction of sp³-hybridized carbons (Fsp3) is 0.385. The molecule has 0 saturated heterocycles. The first-order valence-corrected chi connectivity index (χ1v) is 5.52. The van der Waals surface area contributed by atoms with E-state index >= 15 is 0 Å². The molecule has 110 valence electrons. The van der Waals surface area contributed by atoms with Crippen LogP contribution in [0.25, 0.3) is 0 Å². The van der Waals surface area contributed by atoms with Crippen molar-refractivity contribution in [3.05, 3.63) is 29.1 Å². The fourth-order valence-corrected chi connectivity index (χ4v) is 1.72. The van der Waals surface area contributed by atoms with Gasteiger partial charge in [-0.25, -0.2) is 4.39 Å². The zero-order valence-electron chi connectivity index (χ0n) is 11.3. The predicted octanol–water partition coefficient (Wildman–Crippen LogP) is 2.02. The van der Waals surface area contributed by atoms with E-state index in [1.165, 1.54) is 13.2 Å². The van der Waals surface area contributed by atoms with E-state index in [-0.39, 0.29) is 18.0 Å². The zero-order chi connectivity index (χ0) is 14.8. The van der Waals surface area contributed by atoms with Gasteiger partial charge >= 0.3 is 5.97 Å². The van der Waals surface area contributed by atoms with Crippen molar-refractivity contribution in [3.8, 4) is 11.8 Å². The van der Waals surface area contributed by atoms with Gasteiger partial charge < -0.3 is 15.6 Å². The van der Waals surface area contributed by atoms with Crippen molar-refractivity contribution in [2.75, 3.05) is 7.11 Å². The first-order valence-electron chi connectivity index (χ1n) is 5.52. The van der Waals surface area contributed by atoms with Crippen molar-refractivity contribution in [1.29, 1.82) is 5.26 Å². The Labute approximate surface area is 122 Å². The van der Waals surface area contributed by atoms with Gasteiger partial charge in [0.05, 0.1) is 12.5 Å². The number of aromatic hydroxyl groups is 1. The van der Waals surface area contributed by atoms with Gasteiger partial charge in [-0.2, -0.15) is 5.26 Å². The van der Waals surface area contributed by atoms with E-state index in [2.05, 4.69) is 4.74 Å². The molecule has 0 amide bonds. The maximum absolute atomic E-state index is 13.3. The van der Waals surface area contributed by atoms with Gasteiger partial charge in [-0.15, -0.1) is 12.4 Å². The number of nitrogens with zero attached hydrogens (tertiary/aromatic N) is 1. The van der Waals surface area contributed by atoms with Crippen LogP contribution in [-0.4, -0.2) is 18.2 Å². The van der Waals surface area contributed by atoms with Crippen molar-refractivity contribution >= 4 is 18.4 Å². The third-order valence-electron chi connectivity index (χ3n) is 3.09. The highest BCUT2D eigenvalue weighted by molar-refractivity contribution is 5.85. The number of carbonyl (C=O) groups is 1. The summed E-state index contributed by atoms with van der Waals surface area (Å²) >= 11 is 0. The lowest BCUT2D eigenvalue weighted by atomic mass is 9.80. The van der Waals surface area contributed by atoms with Crippen LogP contribution < -0.4 is 5.73 Å². The van der Waals surface area contributed by atoms with Crippen LogP contribution >= 0.6 is 12.4 Å². The van der Waals surface area contributed by atoms with E-state index in [0.717, 1.165) is 6.07 Å². The van der Waals surface area contributed by atoms with Crippen LogP contribution in [0.2, 0.25) is 0 Å². The lowest BCUT2D eigenvalue weighted by Gasteiger charge is -2.29. The number of halogens is 2. The molecule has 0 unspecified atom stereocenters. The second-order valence-corrected chi connectivity index (χ2v) is 4.66. The number of esters is 1. The van der Waals surface area contributed by atoms with Gasteiger partial charge in [-0.1, -0.05) is 6.07 Å². The van der Waals surface area contributed by atoms with E-state index in [1.807, 2.05) is 0 Å². The Balaban J connectivity index is 0.00000361. The molecular formula is C13H16ClFN2O3. The predicted molar refractivity (Wildman–Crippen MR) is 72.8 cm³/mol. The first-order chi connectivity index (χ1) is 8.77. The largest absolute Gasteiger partial charge is 0.506 e. The van der Waals surface area contributed by atoms with E-state index < -0.39 is 34.6 Å². The van der Waals surface area contributed by atoms with Crippen LogP contribution in [0.1, 0.15) is 31.0 Å². The maximum atomic E-state index is 13.3. The molecule has 0 aliphatic heterocycles. The van der Waals surface area contributed by atoms with Gasteiger partial charge in [-0.05, 0) is 19.9 Å². The maximum Gasteiger partial charge on any atom is 0.313 e. The number of nitrogens with two attached hydrogens (primary N) is 1. The number of benzene rings is 1. The minimum atomic E-state index is -1.13. The molecule has 7 heteroatoms. The van der Waals surface area contributed by atoms with Crippen molar-refractivity contribution in [2.24, 2.45) is 11.1 Å². The molecule has 0 heterocycles. The van der Waals surface area contributed by atoms with E-state index in [0.29, 0.717) is 0 Å². The molecule has 20 heavy (non-hydrogen) atoms. The molecule has 0 spiro atoms. The van der Waals surface area contributed by atoms with Crippen molar-refractivity contribution in [2.45, 2.75) is 19.9 Å². The third-order valence-corrected chi connectivity index (χ3v) is 3.09. The molecule has 0 radical (unpaired) electrons. The van der Waals surface area contributed by atoms with Gasteiger partial charge in [0.2, 0.25) is 0 Å². The average molecular weight is 303 g/mol. The Kier molecular flexibility index (Phi) is 5.95. The first kappa shape index (κ1) is 18.2. The van der Waals surface area contributed by atoms with Gasteiger partial charge in [0, 0.05) is 11.6 Å². The molecule has 5 nitrogen and oxygen atoms in total. The van der Waals surface area contributed by atoms with Gasteiger partial charge in [0.15, 0.2) is 0 Å². The van der Waals surface area contributed by atoms with Gasteiger partial charge in [-0.3, -0.25) is 4.79 Å². The second-order valence-electron chi connectivity index (χ2n) is 4.66. The number of carbonyl (C=O) groups excluding carboxylic acids is 1. The molecule has 3 N–H and O–H groups in total. The number of phenolic OH excluding ortho intramolecular Hbond substituents is 1. The summed E-state index contributed by atoms with van der Waals surface area (Å²) in [6.45, 7) is 3.08. The van der Waals surface area contributed by atoms with E-state index in [9.17, 15) is 14.3 Å². The highest BCUT2D eigenvalue weighted by Gasteiger charge is 2.38. The molecule has 1 aromatic rings. The summed E-state index contributed by atoms with van der Waals surface area (Å²) in [6, 6.07) is 2.90. The van der Waals surface area contributed by atoms with E-state index in [4.69, 9.17) is 11.0 Å². The number of rotatable bonds is 3. The van der Waals surface area contributed by atoms with Crippen LogP contribution in [0.15, 0.2) is 12.1 Å². The SMILES string of the molecule is COC(=O)C(C)(C)[C@H](N)c1ccc(F)c(C#N)c1O.Cl. The number of ether oxygens (including phenoxy) is 1. The summed E-state index contributed by atoms with van der Waals surface area (Å²) in [5, 5.41) is 18.6. The minimum absolute atomic E-state index is 0. The number of nitriles is 1. The topological polar surface area (TPSA) is 96.3 Å². The average Bonchev–Trinajstić information content (AvgIpc) is 2.37. The number of methoxy groups -OCH3 is 1. The van der Waals surface area contributed by atoms with Crippen molar-refractivity contribution in [1.82, 2.24) is 0 Å². The summed E-state index contributed by atoms with van der Waals surface area (Å²) in [5.41, 5.74) is 4.43. The molecular weight excluding hydrogens is 287 g/mol. The Hall–Kier alpha value is -1.84. The number of hydrogen-bond acceptors (Lipinski definition) is 5. The molecule has 0 saturated carbocycles. The Morgan fingerprint density at radius 3 is 2.55 bits per heavy atom. The second kappa shape index (κ2) is 6.55. The van der Waals surface area contributed by atoms with Crippen molar-refractivity contribution < 1.29 is 19.0 Å². The summed E-state index contributed by atoms with van der Waals surface area (Å²) in [5.74, 6) is -1.96. The van der Waals surface area contributed by atoms with Crippen molar-refractivity contribution in [3.63, 3.8) is 0 Å². The lowest BCUT2D eigenvalue weighted by Crippen LogP contribution is -2.37. The standard InChI is InChI=1S/C13H15FN2O3.ClH/c1-13(2,12(18)19-3)11(16)7-4-5-9(14)8(6-15)10(7)17;/h4-5,11,17H,16H2,1-3H3;1H/t11-;/m1./s1. The smallest absolute Gasteiger partial charge is 0.313 e. The number of phenols is 1. The summed E-state index contributed by atoms with van der Waals surface area (Å²) in [6.07, 6.45) is 0. The van der Waals surface area contributed by atoms with Crippen LogP contribution in [0, 0.1) is 22.6 Å². The molecule has 1 aromatic carbocycles. The summed E-state index contributed by atoms with van der Waals surface area (Å²) < 4.78 is 17.9. The number of hydrogen-bond donors (Lipinski definition) is 2. The quantitative estimate of drug-likeness (QED) is 0.833. The fourth-order valence-electron chi connectivity index (χ4n) is 1.72. The highest BCUT2D eigenvalue weighted by Crippen LogP contribution is 2.38. The molecule has 0 aliphatic carbocycles. The zero-order valence-corrected chi connectivity index (χ0v) is 12.1. The molecule has 1 atom stereocenters. The monoisotopic (exact) mass is 302 g/mol.